The predicted molar refractivity (Wildman–Crippen MR) is 114 cm³/mol. The number of benzene rings is 1. The van der Waals surface area contributed by atoms with E-state index < -0.39 is 10.0 Å². The standard InChI is InChI=1S/C20H23N5O4S/c1-25-11-22-16-9-15(24-19(18(16)20(25)26)23-14-4-3-5-14)12-6-7-13(10-29-2)17(8-12)30(21,27)28/h6-9,11,14H,3-5,10H2,1-2H3,(H,23,24)(H2,21,27,28). The maximum absolute atomic E-state index is 12.7. The number of nitrogens with two attached hydrogens (primary N) is 1. The molecule has 0 spiro atoms. The highest BCUT2D eigenvalue weighted by atomic mass is 32.2. The monoisotopic (exact) mass is 429 g/mol. The minimum Gasteiger partial charge on any atom is -0.380 e. The van der Waals surface area contributed by atoms with Crippen LogP contribution in [0.15, 0.2) is 40.3 Å². The van der Waals surface area contributed by atoms with Gasteiger partial charge in [0.2, 0.25) is 10.0 Å². The molecule has 1 aromatic carbocycles. The lowest BCUT2D eigenvalue weighted by molar-refractivity contribution is 0.182. The molecule has 1 aliphatic rings. The van der Waals surface area contributed by atoms with Crippen LogP contribution in [0, 0.1) is 0 Å². The number of primary sulfonamides is 1. The van der Waals surface area contributed by atoms with E-state index in [0.717, 1.165) is 19.3 Å². The molecule has 0 bridgehead atoms. The molecule has 0 radical (unpaired) electrons. The van der Waals surface area contributed by atoms with Crippen LogP contribution < -0.4 is 16.0 Å². The van der Waals surface area contributed by atoms with Crippen LogP contribution >= 0.6 is 0 Å². The molecule has 30 heavy (non-hydrogen) atoms. The SMILES string of the molecule is COCc1ccc(-c2cc3ncn(C)c(=O)c3c(NC3CCC3)n2)cc1S(N)(=O)=O. The van der Waals surface area contributed by atoms with Crippen LogP contribution in [0.5, 0.6) is 0 Å². The van der Waals surface area contributed by atoms with Crippen LogP contribution in [-0.2, 0) is 28.4 Å². The molecular formula is C20H23N5O4S. The largest absolute Gasteiger partial charge is 0.380 e. The highest BCUT2D eigenvalue weighted by molar-refractivity contribution is 7.89. The molecule has 3 aromatic rings. The lowest BCUT2D eigenvalue weighted by atomic mass is 9.93. The zero-order valence-corrected chi connectivity index (χ0v) is 17.6. The Morgan fingerprint density at radius 2 is 2.07 bits per heavy atom. The van der Waals surface area contributed by atoms with Gasteiger partial charge in [-0.3, -0.25) is 4.79 Å². The Hall–Kier alpha value is -2.82. The summed E-state index contributed by atoms with van der Waals surface area (Å²) in [5.41, 5.74) is 1.81. The van der Waals surface area contributed by atoms with Gasteiger partial charge in [-0.05, 0) is 37.0 Å². The van der Waals surface area contributed by atoms with Crippen LogP contribution in [0.2, 0.25) is 0 Å². The van der Waals surface area contributed by atoms with E-state index in [-0.39, 0.29) is 23.1 Å². The van der Waals surface area contributed by atoms with Gasteiger partial charge in [-0.1, -0.05) is 12.1 Å². The molecule has 10 heteroatoms. The second-order valence-electron chi connectivity index (χ2n) is 7.48. The number of methoxy groups -OCH3 is 1. The van der Waals surface area contributed by atoms with Crippen molar-refractivity contribution >= 4 is 26.7 Å². The molecule has 0 aliphatic heterocycles. The first-order valence-electron chi connectivity index (χ1n) is 9.56. The zero-order chi connectivity index (χ0) is 21.5. The van der Waals surface area contributed by atoms with E-state index in [0.29, 0.717) is 33.5 Å². The molecule has 2 aromatic heterocycles. The number of aromatic nitrogens is 3. The van der Waals surface area contributed by atoms with Crippen LogP contribution in [-0.4, -0.2) is 36.1 Å². The normalized spacial score (nSPS) is 14.6. The summed E-state index contributed by atoms with van der Waals surface area (Å²) in [6.07, 6.45) is 4.60. The van der Waals surface area contributed by atoms with Gasteiger partial charge in [0.1, 0.15) is 11.2 Å². The molecular weight excluding hydrogens is 406 g/mol. The summed E-state index contributed by atoms with van der Waals surface area (Å²) < 4.78 is 30.7. The van der Waals surface area contributed by atoms with Gasteiger partial charge < -0.3 is 14.6 Å². The second-order valence-corrected chi connectivity index (χ2v) is 9.01. The van der Waals surface area contributed by atoms with Crippen molar-refractivity contribution in [1.29, 1.82) is 0 Å². The molecule has 0 unspecified atom stereocenters. The Labute approximate surface area is 174 Å². The third-order valence-electron chi connectivity index (χ3n) is 5.32. The van der Waals surface area contributed by atoms with Crippen molar-refractivity contribution in [2.75, 3.05) is 12.4 Å². The number of aryl methyl sites for hydroxylation is 1. The van der Waals surface area contributed by atoms with Crippen molar-refractivity contribution in [2.45, 2.75) is 36.8 Å². The Bertz CT molecular complexity index is 1280. The molecule has 3 N–H and O–H groups in total. The van der Waals surface area contributed by atoms with E-state index >= 15 is 0 Å². The van der Waals surface area contributed by atoms with Gasteiger partial charge >= 0.3 is 0 Å². The highest BCUT2D eigenvalue weighted by Gasteiger charge is 2.22. The van der Waals surface area contributed by atoms with E-state index in [1.807, 2.05) is 0 Å². The molecule has 1 fully saturated rings. The van der Waals surface area contributed by atoms with Crippen molar-refractivity contribution in [3.63, 3.8) is 0 Å². The molecule has 9 nitrogen and oxygen atoms in total. The van der Waals surface area contributed by atoms with Crippen LogP contribution in [0.4, 0.5) is 5.82 Å². The smallest absolute Gasteiger partial charge is 0.264 e. The first kappa shape index (κ1) is 20.5. The van der Waals surface area contributed by atoms with E-state index in [2.05, 4.69) is 15.3 Å². The second kappa shape index (κ2) is 7.78. The van der Waals surface area contributed by atoms with E-state index in [4.69, 9.17) is 9.88 Å². The molecule has 0 atom stereocenters. The van der Waals surface area contributed by atoms with E-state index in [1.54, 1.807) is 25.2 Å². The Balaban J connectivity index is 1.91. The lowest BCUT2D eigenvalue weighted by Crippen LogP contribution is -2.29. The molecule has 2 heterocycles. The van der Waals surface area contributed by atoms with E-state index in [9.17, 15) is 13.2 Å². The number of nitrogens with one attached hydrogen (secondary N) is 1. The van der Waals surface area contributed by atoms with Gasteiger partial charge in [-0.25, -0.2) is 23.5 Å². The number of ether oxygens (including phenoxy) is 1. The van der Waals surface area contributed by atoms with Crippen LogP contribution in [0.1, 0.15) is 24.8 Å². The van der Waals surface area contributed by atoms with Crippen molar-refractivity contribution in [1.82, 2.24) is 14.5 Å². The minimum absolute atomic E-state index is 0.0193. The number of rotatable bonds is 6. The van der Waals surface area contributed by atoms with Crippen LogP contribution in [0.3, 0.4) is 0 Å². The number of fused-ring (bicyclic) bond motifs is 1. The third-order valence-corrected chi connectivity index (χ3v) is 6.31. The average molecular weight is 430 g/mol. The maximum Gasteiger partial charge on any atom is 0.264 e. The van der Waals surface area contributed by atoms with Crippen molar-refractivity contribution in [3.8, 4) is 11.3 Å². The average Bonchev–Trinajstić information content (AvgIpc) is 2.67. The first-order valence-corrected chi connectivity index (χ1v) is 11.1. The summed E-state index contributed by atoms with van der Waals surface area (Å²) in [4.78, 5) is 21.7. The maximum atomic E-state index is 12.7. The fourth-order valence-corrected chi connectivity index (χ4v) is 4.26. The highest BCUT2D eigenvalue weighted by Crippen LogP contribution is 2.30. The Morgan fingerprint density at radius 3 is 2.70 bits per heavy atom. The summed E-state index contributed by atoms with van der Waals surface area (Å²) >= 11 is 0. The molecule has 0 amide bonds. The van der Waals surface area contributed by atoms with Crippen molar-refractivity contribution < 1.29 is 13.2 Å². The summed E-state index contributed by atoms with van der Waals surface area (Å²) in [5, 5.41) is 9.17. The summed E-state index contributed by atoms with van der Waals surface area (Å²) in [6, 6.07) is 6.82. The minimum atomic E-state index is -3.96. The number of nitrogens with zero attached hydrogens (tertiary/aromatic N) is 3. The number of hydrogen-bond donors (Lipinski definition) is 2. The topological polar surface area (TPSA) is 129 Å². The Morgan fingerprint density at radius 1 is 1.30 bits per heavy atom. The lowest BCUT2D eigenvalue weighted by Gasteiger charge is -2.27. The van der Waals surface area contributed by atoms with E-state index in [1.165, 1.54) is 24.1 Å². The molecule has 1 saturated carbocycles. The van der Waals surface area contributed by atoms with Crippen molar-refractivity contribution in [3.05, 3.63) is 46.5 Å². The summed E-state index contributed by atoms with van der Waals surface area (Å²) in [5.74, 6) is 0.457. The molecule has 1 aliphatic carbocycles. The van der Waals surface area contributed by atoms with Gasteiger partial charge in [0.25, 0.3) is 5.56 Å². The number of anilines is 1. The quantitative estimate of drug-likeness (QED) is 0.611. The van der Waals surface area contributed by atoms with Gasteiger partial charge in [-0.2, -0.15) is 0 Å². The van der Waals surface area contributed by atoms with Crippen molar-refractivity contribution in [2.24, 2.45) is 12.2 Å². The Kier molecular flexibility index (Phi) is 5.31. The number of pyridine rings is 1. The van der Waals surface area contributed by atoms with Gasteiger partial charge in [0, 0.05) is 25.8 Å². The third kappa shape index (κ3) is 3.81. The van der Waals surface area contributed by atoms with Crippen LogP contribution in [0.25, 0.3) is 22.2 Å². The fourth-order valence-electron chi connectivity index (χ4n) is 3.47. The van der Waals surface area contributed by atoms with Gasteiger partial charge in [0.05, 0.1) is 29.0 Å². The molecule has 158 valence electrons. The summed E-state index contributed by atoms with van der Waals surface area (Å²) in [6.45, 7) is 0.114. The van der Waals surface area contributed by atoms with Gasteiger partial charge in [0.15, 0.2) is 0 Å². The molecule has 0 saturated heterocycles. The first-order chi connectivity index (χ1) is 14.3. The zero-order valence-electron chi connectivity index (χ0n) is 16.8. The number of hydrogen-bond acceptors (Lipinski definition) is 7. The molecule has 4 rings (SSSR count). The summed E-state index contributed by atoms with van der Waals surface area (Å²) in [7, 11) is -0.833. The fraction of sp³-hybridized carbons (Fsp3) is 0.350. The van der Waals surface area contributed by atoms with Gasteiger partial charge in [-0.15, -0.1) is 0 Å². The predicted octanol–water partition coefficient (Wildman–Crippen LogP) is 1.75. The number of sulfonamides is 1.